The molecule has 0 N–H and O–H groups in total. The summed E-state index contributed by atoms with van der Waals surface area (Å²) in [6, 6.07) is 45.2. The van der Waals surface area contributed by atoms with Crippen molar-refractivity contribution in [1.29, 1.82) is 0 Å². The number of ether oxygens (including phenoxy) is 1. The number of aromatic nitrogens is 6. The summed E-state index contributed by atoms with van der Waals surface area (Å²) in [5, 5.41) is 13.8. The van der Waals surface area contributed by atoms with E-state index < -0.39 is 0 Å². The van der Waals surface area contributed by atoms with E-state index in [0.29, 0.717) is 5.75 Å². The Labute approximate surface area is 251 Å². The molecular formula is C37H24N6O. The molecule has 7 nitrogen and oxygen atoms in total. The highest BCUT2D eigenvalue weighted by Crippen LogP contribution is 2.35. The maximum Gasteiger partial charge on any atom is 0.180 e. The summed E-state index contributed by atoms with van der Waals surface area (Å²) in [7, 11) is 0. The SMILES string of the molecule is c1ccc(-n2c3ccccc3c3ccc(Oc4cccc(-n5cc(-n6c7ccccc7c7ccccc76)nn5)c4)cc32)nc1. The molecule has 0 aliphatic carbocycles. The van der Waals surface area contributed by atoms with Gasteiger partial charge in [0.1, 0.15) is 17.3 Å². The van der Waals surface area contributed by atoms with Gasteiger partial charge in [0.15, 0.2) is 5.82 Å². The van der Waals surface area contributed by atoms with E-state index in [-0.39, 0.29) is 0 Å². The van der Waals surface area contributed by atoms with E-state index in [9.17, 15) is 0 Å². The minimum absolute atomic E-state index is 0.705. The zero-order chi connectivity index (χ0) is 29.0. The molecule has 0 spiro atoms. The van der Waals surface area contributed by atoms with Crippen LogP contribution in [0.2, 0.25) is 0 Å². The number of hydrogen-bond acceptors (Lipinski definition) is 4. The first kappa shape index (κ1) is 24.4. The monoisotopic (exact) mass is 568 g/mol. The Balaban J connectivity index is 1.09. The smallest absolute Gasteiger partial charge is 0.180 e. The normalized spacial score (nSPS) is 11.6. The molecule has 4 aromatic heterocycles. The number of benzene rings is 5. The Kier molecular flexibility index (Phi) is 5.36. The van der Waals surface area contributed by atoms with Crippen LogP contribution >= 0.6 is 0 Å². The van der Waals surface area contributed by atoms with Gasteiger partial charge in [0, 0.05) is 39.9 Å². The van der Waals surface area contributed by atoms with Crippen molar-refractivity contribution in [1.82, 2.24) is 29.1 Å². The van der Waals surface area contributed by atoms with E-state index in [1.165, 1.54) is 16.2 Å². The second kappa shape index (κ2) is 9.68. The Morgan fingerprint density at radius 3 is 1.77 bits per heavy atom. The molecule has 9 aromatic rings. The second-order valence-corrected chi connectivity index (χ2v) is 10.7. The minimum Gasteiger partial charge on any atom is -0.457 e. The lowest BCUT2D eigenvalue weighted by Crippen LogP contribution is -1.97. The molecule has 9 rings (SSSR count). The van der Waals surface area contributed by atoms with Crippen LogP contribution in [0.5, 0.6) is 11.5 Å². The van der Waals surface area contributed by atoms with Gasteiger partial charge in [-0.25, -0.2) is 9.67 Å². The zero-order valence-electron chi connectivity index (χ0n) is 23.4. The summed E-state index contributed by atoms with van der Waals surface area (Å²) in [6.45, 7) is 0. The summed E-state index contributed by atoms with van der Waals surface area (Å²) in [4.78, 5) is 4.64. The van der Waals surface area contributed by atoms with Gasteiger partial charge in [0.25, 0.3) is 0 Å². The number of fused-ring (bicyclic) bond motifs is 6. The second-order valence-electron chi connectivity index (χ2n) is 10.7. The van der Waals surface area contributed by atoms with E-state index in [2.05, 4.69) is 109 Å². The lowest BCUT2D eigenvalue weighted by atomic mass is 10.1. The first-order chi connectivity index (χ1) is 21.8. The van der Waals surface area contributed by atoms with Gasteiger partial charge in [-0.15, -0.1) is 5.10 Å². The molecule has 0 saturated carbocycles. The summed E-state index contributed by atoms with van der Waals surface area (Å²) < 4.78 is 12.6. The van der Waals surface area contributed by atoms with Crippen molar-refractivity contribution >= 4 is 43.6 Å². The summed E-state index contributed by atoms with van der Waals surface area (Å²) in [6.07, 6.45) is 3.77. The van der Waals surface area contributed by atoms with Crippen LogP contribution in [-0.2, 0) is 0 Å². The average molecular weight is 569 g/mol. The van der Waals surface area contributed by atoms with E-state index in [1.54, 1.807) is 4.68 Å². The fourth-order valence-electron chi connectivity index (χ4n) is 6.23. The van der Waals surface area contributed by atoms with Crippen molar-refractivity contribution in [2.24, 2.45) is 0 Å². The number of rotatable bonds is 5. The highest BCUT2D eigenvalue weighted by molar-refractivity contribution is 6.10. The van der Waals surface area contributed by atoms with Crippen molar-refractivity contribution in [3.8, 4) is 28.8 Å². The molecule has 5 aromatic carbocycles. The summed E-state index contributed by atoms with van der Waals surface area (Å²) in [5.74, 6) is 3.06. The Bertz CT molecular complexity index is 2430. The molecular weight excluding hydrogens is 544 g/mol. The van der Waals surface area contributed by atoms with E-state index >= 15 is 0 Å². The van der Waals surface area contributed by atoms with Crippen molar-refractivity contribution in [3.63, 3.8) is 0 Å². The number of hydrogen-bond donors (Lipinski definition) is 0. The molecule has 0 atom stereocenters. The van der Waals surface area contributed by atoms with Gasteiger partial charge in [-0.3, -0.25) is 9.13 Å². The molecule has 0 saturated heterocycles. The van der Waals surface area contributed by atoms with Gasteiger partial charge in [-0.05, 0) is 54.6 Å². The highest BCUT2D eigenvalue weighted by atomic mass is 16.5. The van der Waals surface area contributed by atoms with Gasteiger partial charge in [0.05, 0.1) is 34.0 Å². The predicted octanol–water partition coefficient (Wildman–Crippen LogP) is 8.65. The van der Waals surface area contributed by atoms with Gasteiger partial charge in [-0.2, -0.15) is 0 Å². The third kappa shape index (κ3) is 3.80. The Hall–Kier alpha value is -6.21. The highest BCUT2D eigenvalue weighted by Gasteiger charge is 2.16. The topological polar surface area (TPSA) is 62.7 Å². The van der Waals surface area contributed by atoms with Crippen LogP contribution in [-0.4, -0.2) is 29.1 Å². The van der Waals surface area contributed by atoms with Crippen LogP contribution in [0.1, 0.15) is 0 Å². The first-order valence-electron chi connectivity index (χ1n) is 14.5. The molecule has 208 valence electrons. The van der Waals surface area contributed by atoms with Crippen LogP contribution in [0.15, 0.2) is 146 Å². The fourth-order valence-corrected chi connectivity index (χ4v) is 6.23. The van der Waals surface area contributed by atoms with Gasteiger partial charge >= 0.3 is 0 Å². The van der Waals surface area contributed by atoms with Crippen molar-refractivity contribution in [3.05, 3.63) is 146 Å². The van der Waals surface area contributed by atoms with Crippen LogP contribution in [0.25, 0.3) is 60.9 Å². The quantitative estimate of drug-likeness (QED) is 0.208. The van der Waals surface area contributed by atoms with E-state index in [4.69, 9.17) is 4.74 Å². The van der Waals surface area contributed by atoms with Gasteiger partial charge in [-0.1, -0.05) is 71.9 Å². The fraction of sp³-hybridized carbons (Fsp3) is 0. The van der Waals surface area contributed by atoms with Crippen LogP contribution in [0, 0.1) is 0 Å². The molecule has 0 amide bonds. The lowest BCUT2D eigenvalue weighted by molar-refractivity contribution is 0.482. The average Bonchev–Trinajstić information content (AvgIpc) is 3.78. The lowest BCUT2D eigenvalue weighted by Gasteiger charge is -2.10. The molecule has 0 radical (unpaired) electrons. The Morgan fingerprint density at radius 1 is 0.477 bits per heavy atom. The third-order valence-corrected chi connectivity index (χ3v) is 8.13. The Morgan fingerprint density at radius 2 is 1.09 bits per heavy atom. The zero-order valence-corrected chi connectivity index (χ0v) is 23.4. The third-order valence-electron chi connectivity index (χ3n) is 8.13. The van der Waals surface area contributed by atoms with Crippen LogP contribution in [0.4, 0.5) is 0 Å². The van der Waals surface area contributed by atoms with Crippen molar-refractivity contribution in [2.45, 2.75) is 0 Å². The van der Waals surface area contributed by atoms with Crippen LogP contribution in [0.3, 0.4) is 0 Å². The summed E-state index contributed by atoms with van der Waals surface area (Å²) in [5.41, 5.74) is 5.18. The number of para-hydroxylation sites is 3. The van der Waals surface area contributed by atoms with E-state index in [1.807, 2.05) is 60.9 Å². The maximum absolute atomic E-state index is 6.43. The molecule has 0 unspecified atom stereocenters. The molecule has 44 heavy (non-hydrogen) atoms. The molecule has 0 fully saturated rings. The van der Waals surface area contributed by atoms with Crippen LogP contribution < -0.4 is 4.74 Å². The molecule has 0 bridgehead atoms. The predicted molar refractivity (Wildman–Crippen MR) is 174 cm³/mol. The van der Waals surface area contributed by atoms with Gasteiger partial charge in [0.2, 0.25) is 0 Å². The van der Waals surface area contributed by atoms with Crippen molar-refractivity contribution in [2.75, 3.05) is 0 Å². The van der Waals surface area contributed by atoms with E-state index in [0.717, 1.165) is 50.5 Å². The van der Waals surface area contributed by atoms with Crippen molar-refractivity contribution < 1.29 is 4.74 Å². The van der Waals surface area contributed by atoms with Gasteiger partial charge < -0.3 is 4.74 Å². The number of pyridine rings is 1. The molecule has 7 heteroatoms. The number of nitrogens with zero attached hydrogens (tertiary/aromatic N) is 6. The molecule has 4 heterocycles. The maximum atomic E-state index is 6.43. The first-order valence-corrected chi connectivity index (χ1v) is 14.5. The summed E-state index contributed by atoms with van der Waals surface area (Å²) >= 11 is 0. The largest absolute Gasteiger partial charge is 0.457 e. The minimum atomic E-state index is 0.705. The molecule has 0 aliphatic rings. The molecule has 0 aliphatic heterocycles. The standard InChI is InChI=1S/C37H24N6O/c1-4-15-32-28(12-1)29-13-2-5-16-33(29)42(32)37-24-41(40-39-37)25-10-9-11-26(22-25)44-27-19-20-31-30-14-3-6-17-34(30)43(35(31)23-27)36-18-7-8-21-38-36/h1-24H.